The largest absolute Gasteiger partial charge is 0.345 e. The Hall–Kier alpha value is -1.50. The van der Waals surface area contributed by atoms with E-state index in [0.29, 0.717) is 11.6 Å². The minimum atomic E-state index is -0.361. The van der Waals surface area contributed by atoms with Gasteiger partial charge in [-0.2, -0.15) is 0 Å². The number of hydrogen-bond acceptors (Lipinski definition) is 4. The van der Waals surface area contributed by atoms with Crippen molar-refractivity contribution in [2.24, 2.45) is 0 Å². The van der Waals surface area contributed by atoms with Crippen LogP contribution < -0.4 is 5.32 Å². The fraction of sp³-hybridized carbons (Fsp3) is 0.696. The van der Waals surface area contributed by atoms with Gasteiger partial charge in [0.15, 0.2) is 0 Å². The smallest absolute Gasteiger partial charge is 0.252 e. The molecule has 2 heterocycles. The zero-order valence-electron chi connectivity index (χ0n) is 18.5. The number of nitrogens with one attached hydrogen (secondary N) is 1. The number of hydrogen-bond donors (Lipinski definition) is 1. The molecule has 0 saturated carbocycles. The first-order chi connectivity index (χ1) is 13.8. The molecule has 2 saturated heterocycles. The second kappa shape index (κ2) is 9.54. The van der Waals surface area contributed by atoms with E-state index >= 15 is 0 Å². The van der Waals surface area contributed by atoms with Crippen molar-refractivity contribution in [1.82, 2.24) is 20.0 Å². The van der Waals surface area contributed by atoms with Crippen LogP contribution in [0.5, 0.6) is 0 Å². The molecule has 0 aliphatic carbocycles. The lowest BCUT2D eigenvalue weighted by molar-refractivity contribution is 0.0503. The van der Waals surface area contributed by atoms with Crippen molar-refractivity contribution in [2.45, 2.75) is 52.1 Å². The number of aryl methyl sites for hydroxylation is 1. The first-order valence-corrected chi connectivity index (χ1v) is 11.1. The van der Waals surface area contributed by atoms with Gasteiger partial charge in [0, 0.05) is 57.4 Å². The summed E-state index contributed by atoms with van der Waals surface area (Å²) >= 11 is 0. The quantitative estimate of drug-likeness (QED) is 0.791. The molecule has 0 unspecified atom stereocenters. The third kappa shape index (κ3) is 5.56. The Morgan fingerprint density at radius 1 is 1.10 bits per heavy atom. The lowest BCUT2D eigenvalue weighted by atomic mass is 9.85. The topological polar surface area (TPSA) is 38.8 Å². The average molecular weight is 405 g/mol. The van der Waals surface area contributed by atoms with Gasteiger partial charge < -0.3 is 15.1 Å². The first-order valence-electron chi connectivity index (χ1n) is 11.1. The molecule has 5 nitrogen and oxygen atoms in total. The molecule has 2 aliphatic rings. The maximum Gasteiger partial charge on any atom is 0.252 e. The molecule has 2 fully saturated rings. The Kier molecular flexibility index (Phi) is 7.30. The van der Waals surface area contributed by atoms with Gasteiger partial charge in [-0.3, -0.25) is 9.69 Å². The lowest BCUT2D eigenvalue weighted by Crippen LogP contribution is -2.62. The minimum Gasteiger partial charge on any atom is -0.345 e. The van der Waals surface area contributed by atoms with Crippen LogP contribution in [-0.2, 0) is 0 Å². The van der Waals surface area contributed by atoms with E-state index in [1.807, 2.05) is 6.92 Å². The fourth-order valence-corrected chi connectivity index (χ4v) is 4.63. The fourth-order valence-electron chi connectivity index (χ4n) is 4.63. The molecule has 0 spiro atoms. The molecule has 1 aromatic rings. The van der Waals surface area contributed by atoms with E-state index in [1.165, 1.54) is 12.1 Å². The number of amides is 1. The van der Waals surface area contributed by atoms with Crippen LogP contribution in [0.4, 0.5) is 4.39 Å². The number of likely N-dealkylation sites (tertiary alicyclic amines) is 1. The normalized spacial score (nSPS) is 21.4. The molecule has 2 aliphatic heterocycles. The van der Waals surface area contributed by atoms with Gasteiger partial charge in [0.2, 0.25) is 0 Å². The first kappa shape index (κ1) is 22.2. The van der Waals surface area contributed by atoms with Crippen LogP contribution in [0.15, 0.2) is 18.2 Å². The molecule has 0 bridgehead atoms. The van der Waals surface area contributed by atoms with E-state index in [1.54, 1.807) is 6.07 Å². The van der Waals surface area contributed by atoms with Crippen LogP contribution in [0, 0.1) is 12.7 Å². The van der Waals surface area contributed by atoms with Crippen molar-refractivity contribution < 1.29 is 9.18 Å². The van der Waals surface area contributed by atoms with Crippen LogP contribution in [0.2, 0.25) is 0 Å². The van der Waals surface area contributed by atoms with Gasteiger partial charge in [-0.15, -0.1) is 0 Å². The summed E-state index contributed by atoms with van der Waals surface area (Å²) in [4.78, 5) is 20.6. The van der Waals surface area contributed by atoms with Crippen molar-refractivity contribution in [1.29, 1.82) is 0 Å². The number of likely N-dealkylation sites (N-methyl/N-ethyl adjacent to an activating group) is 1. The summed E-state index contributed by atoms with van der Waals surface area (Å²) in [6.07, 6.45) is 1.86. The van der Waals surface area contributed by atoms with E-state index < -0.39 is 0 Å². The minimum absolute atomic E-state index is 0.146. The van der Waals surface area contributed by atoms with Crippen LogP contribution in [0.1, 0.15) is 49.5 Å². The van der Waals surface area contributed by atoms with Crippen LogP contribution in [0.25, 0.3) is 0 Å². The lowest BCUT2D eigenvalue weighted by Gasteiger charge is -2.47. The number of nitrogens with zero attached hydrogens (tertiary/aromatic N) is 3. The summed E-state index contributed by atoms with van der Waals surface area (Å²) in [5.41, 5.74) is 1.01. The number of piperidine rings is 1. The molecule has 162 valence electrons. The molecule has 1 aromatic carbocycles. The van der Waals surface area contributed by atoms with E-state index in [0.717, 1.165) is 70.8 Å². The van der Waals surface area contributed by atoms with Crippen LogP contribution >= 0.6 is 0 Å². The van der Waals surface area contributed by atoms with E-state index in [2.05, 4.69) is 40.8 Å². The van der Waals surface area contributed by atoms with Gasteiger partial charge in [-0.05, 0) is 57.9 Å². The zero-order valence-corrected chi connectivity index (χ0v) is 18.5. The van der Waals surface area contributed by atoms with Crippen molar-refractivity contribution >= 4 is 5.91 Å². The van der Waals surface area contributed by atoms with Gasteiger partial charge in [0.25, 0.3) is 5.91 Å². The van der Waals surface area contributed by atoms with E-state index in [4.69, 9.17) is 0 Å². The van der Waals surface area contributed by atoms with Crippen molar-refractivity contribution in [3.8, 4) is 0 Å². The number of piperazine rings is 1. The second-order valence-corrected chi connectivity index (χ2v) is 9.03. The van der Waals surface area contributed by atoms with Gasteiger partial charge in [0.1, 0.15) is 5.82 Å². The molecular formula is C23H37FN4O. The highest BCUT2D eigenvalue weighted by atomic mass is 19.1. The molecule has 0 atom stereocenters. The number of carbonyl (C=O) groups excluding carboxylic acids is 1. The Labute approximate surface area is 175 Å². The monoisotopic (exact) mass is 404 g/mol. The number of rotatable bonds is 6. The van der Waals surface area contributed by atoms with Crippen molar-refractivity contribution in [3.63, 3.8) is 0 Å². The zero-order chi connectivity index (χ0) is 21.0. The highest BCUT2D eigenvalue weighted by molar-refractivity contribution is 5.96. The molecular weight excluding hydrogens is 367 g/mol. The summed E-state index contributed by atoms with van der Waals surface area (Å²) in [6, 6.07) is 4.97. The van der Waals surface area contributed by atoms with Crippen molar-refractivity contribution in [2.75, 3.05) is 52.4 Å². The van der Waals surface area contributed by atoms with Crippen LogP contribution in [-0.4, -0.2) is 84.5 Å². The third-order valence-electron chi connectivity index (χ3n) is 6.75. The van der Waals surface area contributed by atoms with E-state index in [9.17, 15) is 9.18 Å². The second-order valence-electron chi connectivity index (χ2n) is 9.03. The Morgan fingerprint density at radius 2 is 1.72 bits per heavy atom. The van der Waals surface area contributed by atoms with Gasteiger partial charge in [-0.1, -0.05) is 13.0 Å². The number of carbonyl (C=O) groups is 1. The predicted octanol–water partition coefficient (Wildman–Crippen LogP) is 2.74. The van der Waals surface area contributed by atoms with Gasteiger partial charge in [-0.25, -0.2) is 4.39 Å². The Balaban J connectivity index is 1.74. The molecule has 3 rings (SSSR count). The number of benzene rings is 1. The highest BCUT2D eigenvalue weighted by Gasteiger charge is 2.39. The maximum absolute atomic E-state index is 13.8. The SMILES string of the molecule is CCN1CCN(CC2(NC(=O)c3cc(F)ccc3C)CCN(C(C)C)CC2)CC1. The number of halogens is 1. The standard InChI is InChI=1S/C23H37FN4O/c1-5-26-12-14-27(15-13-26)17-23(8-10-28(11-9-23)18(2)3)25-22(29)21-16-20(24)7-6-19(21)4/h6-7,16,18H,5,8-15,17H2,1-4H3,(H,25,29). The average Bonchev–Trinajstić information content (AvgIpc) is 2.70. The summed E-state index contributed by atoms with van der Waals surface area (Å²) in [5, 5.41) is 3.36. The van der Waals surface area contributed by atoms with Gasteiger partial charge >= 0.3 is 0 Å². The summed E-state index contributed by atoms with van der Waals surface area (Å²) < 4.78 is 13.8. The summed E-state index contributed by atoms with van der Waals surface area (Å²) in [7, 11) is 0. The van der Waals surface area contributed by atoms with E-state index in [-0.39, 0.29) is 17.3 Å². The molecule has 29 heavy (non-hydrogen) atoms. The summed E-state index contributed by atoms with van der Waals surface area (Å²) in [6.45, 7) is 16.7. The molecule has 1 amide bonds. The predicted molar refractivity (Wildman–Crippen MR) is 116 cm³/mol. The molecule has 6 heteroatoms. The van der Waals surface area contributed by atoms with Gasteiger partial charge in [0.05, 0.1) is 5.54 Å². The summed E-state index contributed by atoms with van der Waals surface area (Å²) in [5.74, 6) is -0.507. The highest BCUT2D eigenvalue weighted by Crippen LogP contribution is 2.26. The molecule has 0 radical (unpaired) electrons. The Morgan fingerprint density at radius 3 is 2.31 bits per heavy atom. The Bertz CT molecular complexity index is 692. The third-order valence-corrected chi connectivity index (χ3v) is 6.75. The van der Waals surface area contributed by atoms with Crippen molar-refractivity contribution in [3.05, 3.63) is 35.1 Å². The maximum atomic E-state index is 13.8. The molecule has 0 aromatic heterocycles. The van der Waals surface area contributed by atoms with Crippen LogP contribution in [0.3, 0.4) is 0 Å². The molecule has 1 N–H and O–H groups in total.